The fourth-order valence-corrected chi connectivity index (χ4v) is 2.19. The van der Waals surface area contributed by atoms with E-state index in [1.54, 1.807) is 36.5 Å². The average Bonchev–Trinajstić information content (AvgIpc) is 2.49. The maximum atomic E-state index is 12.2. The summed E-state index contributed by atoms with van der Waals surface area (Å²) in [7, 11) is 0. The first kappa shape index (κ1) is 15.8. The summed E-state index contributed by atoms with van der Waals surface area (Å²) in [6, 6.07) is 8.75. The second-order valence-electron chi connectivity index (χ2n) is 4.44. The Morgan fingerprint density at radius 2 is 2.14 bits per heavy atom. The first-order valence-corrected chi connectivity index (χ1v) is 7.73. The van der Waals surface area contributed by atoms with E-state index in [1.165, 1.54) is 0 Å². The number of benzene rings is 1. The Morgan fingerprint density at radius 1 is 1.33 bits per heavy atom. The van der Waals surface area contributed by atoms with Gasteiger partial charge in [0, 0.05) is 22.2 Å². The monoisotopic (exact) mass is 367 g/mol. The van der Waals surface area contributed by atoms with E-state index in [-0.39, 0.29) is 5.91 Å². The van der Waals surface area contributed by atoms with Gasteiger partial charge in [-0.15, -0.1) is 0 Å². The second-order valence-corrected chi connectivity index (χ2v) is 5.73. The van der Waals surface area contributed by atoms with Gasteiger partial charge < -0.3 is 10.6 Å². The van der Waals surface area contributed by atoms with Crippen molar-refractivity contribution in [3.8, 4) is 0 Å². The van der Waals surface area contributed by atoms with Gasteiger partial charge in [-0.05, 0) is 52.7 Å². The molecule has 0 saturated heterocycles. The van der Waals surface area contributed by atoms with Gasteiger partial charge in [0.1, 0.15) is 5.82 Å². The summed E-state index contributed by atoms with van der Waals surface area (Å²) in [4.78, 5) is 16.4. The number of hydrogen-bond donors (Lipinski definition) is 2. The van der Waals surface area contributed by atoms with Crippen molar-refractivity contribution in [1.29, 1.82) is 0 Å². The Morgan fingerprint density at radius 3 is 2.81 bits per heavy atom. The molecule has 1 heterocycles. The van der Waals surface area contributed by atoms with E-state index in [2.05, 4.69) is 38.5 Å². The number of nitrogens with one attached hydrogen (secondary N) is 2. The molecule has 2 rings (SSSR count). The third kappa shape index (κ3) is 4.44. The number of carbonyl (C=O) groups is 1. The van der Waals surface area contributed by atoms with Crippen LogP contribution < -0.4 is 10.6 Å². The normalized spacial score (nSPS) is 10.2. The molecule has 0 spiro atoms. The van der Waals surface area contributed by atoms with Crippen molar-refractivity contribution < 1.29 is 4.79 Å². The molecule has 0 aliphatic heterocycles. The van der Waals surface area contributed by atoms with Crippen LogP contribution in [0.25, 0.3) is 0 Å². The molecule has 2 aromatic rings. The predicted molar refractivity (Wildman–Crippen MR) is 90.1 cm³/mol. The van der Waals surface area contributed by atoms with Crippen molar-refractivity contribution in [1.82, 2.24) is 4.98 Å². The number of nitrogens with zero attached hydrogens (tertiary/aromatic N) is 1. The van der Waals surface area contributed by atoms with Gasteiger partial charge in [-0.1, -0.05) is 18.5 Å². The maximum absolute atomic E-state index is 12.2. The van der Waals surface area contributed by atoms with E-state index in [9.17, 15) is 4.79 Å². The summed E-state index contributed by atoms with van der Waals surface area (Å²) in [6.45, 7) is 2.94. The highest BCUT2D eigenvalue weighted by molar-refractivity contribution is 9.10. The Bertz CT molecular complexity index is 631. The fourth-order valence-electron chi connectivity index (χ4n) is 1.67. The summed E-state index contributed by atoms with van der Waals surface area (Å²) in [5, 5.41) is 6.52. The van der Waals surface area contributed by atoms with Crippen LogP contribution in [-0.2, 0) is 0 Å². The van der Waals surface area contributed by atoms with Crippen LogP contribution in [0.15, 0.2) is 41.0 Å². The van der Waals surface area contributed by atoms with Crippen LogP contribution in [0, 0.1) is 0 Å². The first-order chi connectivity index (χ1) is 10.1. The molecule has 0 saturated carbocycles. The van der Waals surface area contributed by atoms with Crippen molar-refractivity contribution >= 4 is 44.9 Å². The summed E-state index contributed by atoms with van der Waals surface area (Å²) in [6.07, 6.45) is 2.57. The molecule has 1 amide bonds. The molecule has 0 radical (unpaired) electrons. The molecular weight excluding hydrogens is 354 g/mol. The highest BCUT2D eigenvalue weighted by atomic mass is 79.9. The lowest BCUT2D eigenvalue weighted by atomic mass is 10.2. The van der Waals surface area contributed by atoms with E-state index in [0.717, 1.165) is 23.3 Å². The van der Waals surface area contributed by atoms with Gasteiger partial charge in [-0.25, -0.2) is 4.98 Å². The molecule has 0 aliphatic carbocycles. The van der Waals surface area contributed by atoms with E-state index >= 15 is 0 Å². The number of amides is 1. The zero-order valence-electron chi connectivity index (χ0n) is 11.5. The standard InChI is InChI=1S/C15H15BrClN3O/c1-2-7-18-14-6-3-10(9-19-14)15(21)20-13-8-11(17)4-5-12(13)16/h3-6,8-9H,2,7H2,1H3,(H,18,19)(H,20,21). The molecule has 2 N–H and O–H groups in total. The van der Waals surface area contributed by atoms with Gasteiger partial charge in [0.05, 0.1) is 11.3 Å². The highest BCUT2D eigenvalue weighted by Crippen LogP contribution is 2.26. The Balaban J connectivity index is 2.07. The SMILES string of the molecule is CCCNc1ccc(C(=O)Nc2cc(Cl)ccc2Br)cn1. The highest BCUT2D eigenvalue weighted by Gasteiger charge is 2.09. The summed E-state index contributed by atoms with van der Waals surface area (Å²) in [5.41, 5.74) is 1.12. The zero-order chi connectivity index (χ0) is 15.2. The molecule has 0 bridgehead atoms. The van der Waals surface area contributed by atoms with Crippen molar-refractivity contribution in [2.24, 2.45) is 0 Å². The Kier molecular flexibility index (Phi) is 5.59. The van der Waals surface area contributed by atoms with Crippen LogP contribution in [0.2, 0.25) is 5.02 Å². The summed E-state index contributed by atoms with van der Waals surface area (Å²) < 4.78 is 0.773. The minimum absolute atomic E-state index is 0.229. The number of aromatic nitrogens is 1. The summed E-state index contributed by atoms with van der Waals surface area (Å²) in [5.74, 6) is 0.532. The van der Waals surface area contributed by atoms with Crippen molar-refractivity contribution in [2.45, 2.75) is 13.3 Å². The largest absolute Gasteiger partial charge is 0.370 e. The van der Waals surface area contributed by atoms with Crippen molar-refractivity contribution in [3.05, 3.63) is 51.6 Å². The van der Waals surface area contributed by atoms with E-state index in [4.69, 9.17) is 11.6 Å². The molecule has 4 nitrogen and oxygen atoms in total. The minimum Gasteiger partial charge on any atom is -0.370 e. The maximum Gasteiger partial charge on any atom is 0.257 e. The van der Waals surface area contributed by atoms with Crippen molar-refractivity contribution in [2.75, 3.05) is 17.2 Å². The zero-order valence-corrected chi connectivity index (χ0v) is 13.8. The molecule has 21 heavy (non-hydrogen) atoms. The van der Waals surface area contributed by atoms with Gasteiger partial charge in [-0.2, -0.15) is 0 Å². The van der Waals surface area contributed by atoms with Gasteiger partial charge in [-0.3, -0.25) is 4.79 Å². The number of pyridine rings is 1. The Hall–Kier alpha value is -1.59. The third-order valence-corrected chi connectivity index (χ3v) is 3.68. The van der Waals surface area contributed by atoms with Crippen molar-refractivity contribution in [3.63, 3.8) is 0 Å². The van der Waals surface area contributed by atoms with E-state index in [0.29, 0.717) is 16.3 Å². The topological polar surface area (TPSA) is 54.0 Å². The van der Waals surface area contributed by atoms with E-state index < -0.39 is 0 Å². The van der Waals surface area contributed by atoms with E-state index in [1.807, 2.05) is 0 Å². The molecule has 110 valence electrons. The molecule has 0 fully saturated rings. The average molecular weight is 369 g/mol. The summed E-state index contributed by atoms with van der Waals surface area (Å²) >= 11 is 9.30. The second kappa shape index (κ2) is 7.43. The van der Waals surface area contributed by atoms with Crippen LogP contribution in [0.5, 0.6) is 0 Å². The molecule has 1 aromatic carbocycles. The van der Waals surface area contributed by atoms with Crippen LogP contribution in [0.1, 0.15) is 23.7 Å². The minimum atomic E-state index is -0.229. The third-order valence-electron chi connectivity index (χ3n) is 2.76. The number of rotatable bonds is 5. The van der Waals surface area contributed by atoms with Crippen LogP contribution in [0.3, 0.4) is 0 Å². The molecule has 0 unspecified atom stereocenters. The molecular formula is C15H15BrClN3O. The molecule has 1 aromatic heterocycles. The van der Waals surface area contributed by atoms with Crippen LogP contribution >= 0.6 is 27.5 Å². The number of anilines is 2. The quantitative estimate of drug-likeness (QED) is 0.812. The van der Waals surface area contributed by atoms with Gasteiger partial charge in [0.2, 0.25) is 0 Å². The Labute approximate surface area is 137 Å². The smallest absolute Gasteiger partial charge is 0.257 e. The van der Waals surface area contributed by atoms with Crippen LogP contribution in [0.4, 0.5) is 11.5 Å². The van der Waals surface area contributed by atoms with Gasteiger partial charge in [0.25, 0.3) is 5.91 Å². The molecule has 0 atom stereocenters. The lowest BCUT2D eigenvalue weighted by Gasteiger charge is -2.08. The van der Waals surface area contributed by atoms with Gasteiger partial charge >= 0.3 is 0 Å². The molecule has 6 heteroatoms. The molecule has 0 aliphatic rings. The lowest BCUT2D eigenvalue weighted by molar-refractivity contribution is 0.102. The van der Waals surface area contributed by atoms with Crippen LogP contribution in [-0.4, -0.2) is 17.4 Å². The number of halogens is 2. The number of carbonyl (C=O) groups excluding carboxylic acids is 1. The first-order valence-electron chi connectivity index (χ1n) is 6.56. The van der Waals surface area contributed by atoms with Gasteiger partial charge in [0.15, 0.2) is 0 Å². The number of hydrogen-bond acceptors (Lipinski definition) is 3. The lowest BCUT2D eigenvalue weighted by Crippen LogP contribution is -2.13. The predicted octanol–water partition coefficient (Wildman–Crippen LogP) is 4.57. The fraction of sp³-hybridized carbons (Fsp3) is 0.200.